The van der Waals surface area contributed by atoms with Crippen molar-refractivity contribution in [1.29, 1.82) is 0 Å². The van der Waals surface area contributed by atoms with Crippen LogP contribution in [0.2, 0.25) is 0 Å². The number of para-hydroxylation sites is 3. The summed E-state index contributed by atoms with van der Waals surface area (Å²) in [5, 5.41) is 4.84. The molecule has 3 nitrogen and oxygen atoms in total. The minimum atomic E-state index is 0.700. The van der Waals surface area contributed by atoms with Gasteiger partial charge in [-0.15, -0.1) is 0 Å². The SMILES string of the molecule is Cc1cccc2c1N(c1ccccc1)C[N+](c1ccccc1)=N2. The Morgan fingerprint density at radius 3 is 2.26 bits per heavy atom. The van der Waals surface area contributed by atoms with Crippen molar-refractivity contribution in [2.45, 2.75) is 6.92 Å². The first-order valence-corrected chi connectivity index (χ1v) is 7.79. The van der Waals surface area contributed by atoms with Gasteiger partial charge in [-0.3, -0.25) is 4.90 Å². The van der Waals surface area contributed by atoms with Crippen LogP contribution >= 0.6 is 0 Å². The number of anilines is 2. The van der Waals surface area contributed by atoms with Crippen molar-refractivity contribution in [3.8, 4) is 0 Å². The number of hydrogen-bond acceptors (Lipinski definition) is 2. The highest BCUT2D eigenvalue weighted by molar-refractivity contribution is 5.77. The summed E-state index contributed by atoms with van der Waals surface area (Å²) in [6.07, 6.45) is 0. The van der Waals surface area contributed by atoms with Crippen molar-refractivity contribution in [2.75, 3.05) is 11.6 Å². The Balaban J connectivity index is 1.88. The lowest BCUT2D eigenvalue weighted by Crippen LogP contribution is -2.29. The average molecular weight is 300 g/mol. The largest absolute Gasteiger partial charge is 0.281 e. The summed E-state index contributed by atoms with van der Waals surface area (Å²) in [5.41, 5.74) is 5.71. The zero-order valence-electron chi connectivity index (χ0n) is 13.1. The lowest BCUT2D eigenvalue weighted by atomic mass is 10.1. The van der Waals surface area contributed by atoms with E-state index in [9.17, 15) is 0 Å². The molecular weight excluding hydrogens is 282 g/mol. The molecule has 23 heavy (non-hydrogen) atoms. The first kappa shape index (κ1) is 13.7. The second-order valence-electron chi connectivity index (χ2n) is 5.68. The Labute approximate surface area is 136 Å². The van der Waals surface area contributed by atoms with Gasteiger partial charge in [0.1, 0.15) is 0 Å². The Hall–Kier alpha value is -2.94. The number of rotatable bonds is 2. The van der Waals surface area contributed by atoms with Crippen molar-refractivity contribution in [3.05, 3.63) is 84.4 Å². The molecule has 0 spiro atoms. The molecule has 0 saturated heterocycles. The minimum absolute atomic E-state index is 0.700. The quantitative estimate of drug-likeness (QED) is 0.569. The molecule has 0 radical (unpaired) electrons. The van der Waals surface area contributed by atoms with Gasteiger partial charge in [0, 0.05) is 22.9 Å². The number of aryl methyl sites for hydroxylation is 1. The van der Waals surface area contributed by atoms with E-state index in [1.165, 1.54) is 16.9 Å². The maximum atomic E-state index is 4.84. The van der Waals surface area contributed by atoms with Gasteiger partial charge >= 0.3 is 0 Å². The zero-order chi connectivity index (χ0) is 15.6. The summed E-state index contributed by atoms with van der Waals surface area (Å²) in [6, 6.07) is 27.1. The predicted octanol–water partition coefficient (Wildman–Crippen LogP) is 5.53. The topological polar surface area (TPSA) is 18.6 Å². The molecule has 0 bridgehead atoms. The van der Waals surface area contributed by atoms with Gasteiger partial charge in [-0.25, -0.2) is 0 Å². The molecule has 1 heterocycles. The van der Waals surface area contributed by atoms with Crippen molar-refractivity contribution in [2.24, 2.45) is 5.11 Å². The number of nitrogens with zero attached hydrogens (tertiary/aromatic N) is 3. The highest BCUT2D eigenvalue weighted by Gasteiger charge is 2.28. The fraction of sp³-hybridized carbons (Fsp3) is 0.100. The van der Waals surface area contributed by atoms with E-state index in [0.29, 0.717) is 6.67 Å². The lowest BCUT2D eigenvalue weighted by molar-refractivity contribution is -0.508. The molecule has 0 atom stereocenters. The second-order valence-corrected chi connectivity index (χ2v) is 5.68. The van der Waals surface area contributed by atoms with Crippen LogP contribution in [0.15, 0.2) is 84.0 Å². The van der Waals surface area contributed by atoms with E-state index < -0.39 is 0 Å². The van der Waals surface area contributed by atoms with E-state index in [4.69, 9.17) is 5.11 Å². The van der Waals surface area contributed by atoms with E-state index in [0.717, 1.165) is 11.4 Å². The van der Waals surface area contributed by atoms with E-state index in [1.54, 1.807) is 0 Å². The standard InChI is InChI=1S/C20H18N3/c1-16-9-8-14-19-20(16)22(17-10-4-2-5-11-17)15-23(21-19)18-12-6-3-7-13-18/h2-14H,15H2,1H3/q+1. The van der Waals surface area contributed by atoms with Crippen LogP contribution in [-0.4, -0.2) is 11.4 Å². The Morgan fingerprint density at radius 1 is 0.826 bits per heavy atom. The molecule has 3 aromatic carbocycles. The van der Waals surface area contributed by atoms with Crippen molar-refractivity contribution in [1.82, 2.24) is 0 Å². The molecule has 0 aliphatic carbocycles. The maximum absolute atomic E-state index is 4.84. The first-order chi connectivity index (χ1) is 11.3. The molecule has 0 fully saturated rings. The number of azo groups is 2. The Morgan fingerprint density at radius 2 is 1.52 bits per heavy atom. The fourth-order valence-electron chi connectivity index (χ4n) is 3.00. The van der Waals surface area contributed by atoms with Gasteiger partial charge in [0.2, 0.25) is 5.69 Å². The van der Waals surface area contributed by atoms with Gasteiger partial charge in [-0.2, -0.15) is 0 Å². The van der Waals surface area contributed by atoms with Gasteiger partial charge in [-0.05, 0) is 30.7 Å². The first-order valence-electron chi connectivity index (χ1n) is 7.79. The summed E-state index contributed by atoms with van der Waals surface area (Å²) < 4.78 is 2.05. The highest BCUT2D eigenvalue weighted by Crippen LogP contribution is 2.40. The summed E-state index contributed by atoms with van der Waals surface area (Å²) in [7, 11) is 0. The van der Waals surface area contributed by atoms with Crippen molar-refractivity contribution in [3.63, 3.8) is 0 Å². The number of hydrogen-bond donors (Lipinski definition) is 0. The molecule has 0 aromatic heterocycles. The molecule has 3 heteroatoms. The Kier molecular flexibility index (Phi) is 3.39. The monoisotopic (exact) mass is 300 g/mol. The van der Waals surface area contributed by atoms with E-state index in [2.05, 4.69) is 71.1 Å². The van der Waals surface area contributed by atoms with Crippen LogP contribution < -0.4 is 4.90 Å². The van der Waals surface area contributed by atoms with Crippen LogP contribution in [0, 0.1) is 6.92 Å². The number of fused-ring (bicyclic) bond motifs is 1. The molecular formula is C20H18N3+. The fourth-order valence-corrected chi connectivity index (χ4v) is 3.00. The highest BCUT2D eigenvalue weighted by atomic mass is 15.4. The second kappa shape index (κ2) is 5.69. The minimum Gasteiger partial charge on any atom is -0.281 e. The molecule has 0 N–H and O–H groups in total. The van der Waals surface area contributed by atoms with Crippen LogP contribution in [-0.2, 0) is 0 Å². The summed E-state index contributed by atoms with van der Waals surface area (Å²) >= 11 is 0. The average Bonchev–Trinajstić information content (AvgIpc) is 2.62. The van der Waals surface area contributed by atoms with E-state index in [-0.39, 0.29) is 0 Å². The van der Waals surface area contributed by atoms with Gasteiger partial charge in [0.05, 0.1) is 5.69 Å². The summed E-state index contributed by atoms with van der Waals surface area (Å²) in [4.78, 5) is 2.32. The predicted molar refractivity (Wildman–Crippen MR) is 93.1 cm³/mol. The van der Waals surface area contributed by atoms with Crippen LogP contribution in [0.4, 0.5) is 22.7 Å². The van der Waals surface area contributed by atoms with E-state index in [1.807, 2.05) is 24.3 Å². The molecule has 0 unspecified atom stereocenters. The van der Waals surface area contributed by atoms with Crippen LogP contribution in [0.25, 0.3) is 0 Å². The van der Waals surface area contributed by atoms with Crippen molar-refractivity contribution >= 4 is 22.7 Å². The molecule has 112 valence electrons. The third-order valence-electron chi connectivity index (χ3n) is 4.11. The molecule has 1 aliphatic rings. The molecule has 0 amide bonds. The normalized spacial score (nSPS) is 13.4. The van der Waals surface area contributed by atoms with Gasteiger partial charge in [-0.1, -0.05) is 53.2 Å². The molecule has 0 saturated carbocycles. The third kappa shape index (κ3) is 2.50. The zero-order valence-corrected chi connectivity index (χ0v) is 13.1. The van der Waals surface area contributed by atoms with Gasteiger partial charge in [0.15, 0.2) is 5.69 Å². The van der Waals surface area contributed by atoms with Crippen LogP contribution in [0.3, 0.4) is 0 Å². The smallest absolute Gasteiger partial charge is 0.254 e. The maximum Gasteiger partial charge on any atom is 0.254 e. The van der Waals surface area contributed by atoms with Crippen molar-refractivity contribution < 1.29 is 4.70 Å². The van der Waals surface area contributed by atoms with Gasteiger partial charge < -0.3 is 0 Å². The summed E-state index contributed by atoms with van der Waals surface area (Å²) in [6.45, 7) is 2.84. The van der Waals surface area contributed by atoms with Crippen LogP contribution in [0.1, 0.15) is 5.56 Å². The van der Waals surface area contributed by atoms with Crippen LogP contribution in [0.5, 0.6) is 0 Å². The van der Waals surface area contributed by atoms with Gasteiger partial charge in [0.25, 0.3) is 6.67 Å². The Bertz CT molecular complexity index is 855. The van der Waals surface area contributed by atoms with E-state index >= 15 is 0 Å². The number of benzene rings is 3. The summed E-state index contributed by atoms with van der Waals surface area (Å²) in [5.74, 6) is 0. The molecule has 1 aliphatic heterocycles. The third-order valence-corrected chi connectivity index (χ3v) is 4.11. The molecule has 3 aromatic rings. The lowest BCUT2D eigenvalue weighted by Gasteiger charge is -2.27. The molecule has 4 rings (SSSR count).